The fourth-order valence-electron chi connectivity index (χ4n) is 1.90. The van der Waals surface area contributed by atoms with Crippen molar-refractivity contribution in [3.63, 3.8) is 0 Å². The Labute approximate surface area is 117 Å². The minimum atomic E-state index is -5.02. The molecule has 1 aliphatic heterocycles. The van der Waals surface area contributed by atoms with Gasteiger partial charge in [0.2, 0.25) is 0 Å². The molecule has 1 N–H and O–H groups in total. The van der Waals surface area contributed by atoms with E-state index >= 15 is 0 Å². The molecule has 1 amide bonds. The largest absolute Gasteiger partial charge is 0.438 e. The quantitative estimate of drug-likeness (QED) is 0.867. The van der Waals surface area contributed by atoms with Crippen LogP contribution in [0.3, 0.4) is 0 Å². The SMILES string of the molecule is CC1=NN(C(=O)c2ccccc2Cl)C(O)(C(F)(F)F)C1. The molecule has 1 atom stereocenters. The summed E-state index contributed by atoms with van der Waals surface area (Å²) in [4.78, 5) is 12.2. The molecular weight excluding hydrogens is 297 g/mol. The van der Waals surface area contributed by atoms with Crippen LogP contribution in [0.25, 0.3) is 0 Å². The summed E-state index contributed by atoms with van der Waals surface area (Å²) in [5.41, 5.74) is -3.49. The van der Waals surface area contributed by atoms with E-state index in [4.69, 9.17) is 11.6 Å². The number of halogens is 4. The molecule has 1 aromatic carbocycles. The van der Waals surface area contributed by atoms with Gasteiger partial charge in [-0.2, -0.15) is 23.3 Å². The molecule has 0 bridgehead atoms. The number of carbonyl (C=O) groups is 1. The van der Waals surface area contributed by atoms with Crippen molar-refractivity contribution >= 4 is 23.2 Å². The number of aliphatic hydroxyl groups is 1. The molecule has 108 valence electrons. The Morgan fingerprint density at radius 3 is 2.60 bits per heavy atom. The van der Waals surface area contributed by atoms with E-state index in [1.807, 2.05) is 0 Å². The highest BCUT2D eigenvalue weighted by molar-refractivity contribution is 6.33. The predicted octanol–water partition coefficient (Wildman–Crippen LogP) is 2.81. The number of alkyl halides is 3. The Balaban J connectivity index is 2.45. The molecule has 1 unspecified atom stereocenters. The number of benzene rings is 1. The van der Waals surface area contributed by atoms with Crippen molar-refractivity contribution in [2.75, 3.05) is 0 Å². The van der Waals surface area contributed by atoms with Gasteiger partial charge in [0.05, 0.1) is 10.6 Å². The Morgan fingerprint density at radius 1 is 1.45 bits per heavy atom. The van der Waals surface area contributed by atoms with Gasteiger partial charge < -0.3 is 5.11 Å². The first-order chi connectivity index (χ1) is 9.17. The first kappa shape index (κ1) is 14.8. The van der Waals surface area contributed by atoms with Crippen LogP contribution in [0, 0.1) is 0 Å². The molecule has 20 heavy (non-hydrogen) atoms. The molecule has 1 heterocycles. The maximum atomic E-state index is 13.0. The van der Waals surface area contributed by atoms with Crippen molar-refractivity contribution < 1.29 is 23.1 Å². The second-order valence-electron chi connectivity index (χ2n) is 4.42. The molecule has 2 rings (SSSR count). The fraction of sp³-hybridized carbons (Fsp3) is 0.333. The standard InChI is InChI=1S/C12H10ClF3N2O2/c1-7-6-11(20,12(14,15)16)18(17-7)10(19)8-4-2-3-5-9(8)13/h2-5,20H,6H2,1H3. The molecule has 0 radical (unpaired) electrons. The lowest BCUT2D eigenvalue weighted by Crippen LogP contribution is -2.56. The van der Waals surface area contributed by atoms with Gasteiger partial charge in [0, 0.05) is 12.1 Å². The van der Waals surface area contributed by atoms with E-state index in [0.717, 1.165) is 0 Å². The van der Waals surface area contributed by atoms with Gasteiger partial charge >= 0.3 is 6.18 Å². The third-order valence-electron chi connectivity index (χ3n) is 2.87. The van der Waals surface area contributed by atoms with E-state index in [1.54, 1.807) is 0 Å². The number of amides is 1. The molecule has 8 heteroatoms. The van der Waals surface area contributed by atoms with Crippen LogP contribution in [0.4, 0.5) is 13.2 Å². The van der Waals surface area contributed by atoms with Gasteiger partial charge in [0.25, 0.3) is 11.6 Å². The summed E-state index contributed by atoms with van der Waals surface area (Å²) in [5, 5.41) is 13.3. The number of hydrogen-bond donors (Lipinski definition) is 1. The zero-order chi connectivity index (χ0) is 15.1. The summed E-state index contributed by atoms with van der Waals surface area (Å²) in [5.74, 6) is -1.10. The van der Waals surface area contributed by atoms with Crippen LogP contribution >= 0.6 is 11.6 Å². The average molecular weight is 307 g/mol. The summed E-state index contributed by atoms with van der Waals surface area (Å²) in [6.07, 6.45) is -5.81. The monoisotopic (exact) mass is 306 g/mol. The molecule has 0 saturated heterocycles. The number of rotatable bonds is 1. The van der Waals surface area contributed by atoms with Crippen LogP contribution in [-0.2, 0) is 0 Å². The van der Waals surface area contributed by atoms with E-state index in [-0.39, 0.29) is 21.3 Å². The maximum absolute atomic E-state index is 13.0. The molecule has 0 aliphatic carbocycles. The maximum Gasteiger partial charge on any atom is 0.438 e. The smallest absolute Gasteiger partial charge is 0.362 e. The van der Waals surface area contributed by atoms with Gasteiger partial charge in [-0.1, -0.05) is 23.7 Å². The van der Waals surface area contributed by atoms with Gasteiger partial charge in [-0.3, -0.25) is 4.79 Å². The molecular formula is C12H10ClF3N2O2. The van der Waals surface area contributed by atoms with Crippen LogP contribution in [0.1, 0.15) is 23.7 Å². The van der Waals surface area contributed by atoms with Gasteiger partial charge in [0.15, 0.2) is 0 Å². The minimum absolute atomic E-state index is 0.00484. The third-order valence-corrected chi connectivity index (χ3v) is 3.20. The number of hydrazone groups is 1. The lowest BCUT2D eigenvalue weighted by molar-refractivity contribution is -0.297. The van der Waals surface area contributed by atoms with Crippen LogP contribution in [-0.4, -0.2) is 33.6 Å². The van der Waals surface area contributed by atoms with Gasteiger partial charge in [-0.05, 0) is 19.1 Å². The highest BCUT2D eigenvalue weighted by atomic mass is 35.5. The van der Waals surface area contributed by atoms with Gasteiger partial charge in [-0.15, -0.1) is 0 Å². The van der Waals surface area contributed by atoms with Crippen molar-refractivity contribution in [1.29, 1.82) is 0 Å². The molecule has 1 aromatic rings. The zero-order valence-corrected chi connectivity index (χ0v) is 11.0. The fourth-order valence-corrected chi connectivity index (χ4v) is 2.12. The van der Waals surface area contributed by atoms with Gasteiger partial charge in [-0.25, -0.2) is 0 Å². The topological polar surface area (TPSA) is 52.9 Å². The number of nitrogens with zero attached hydrogens (tertiary/aromatic N) is 2. The summed E-state index contributed by atoms with van der Waals surface area (Å²) in [7, 11) is 0. The Kier molecular flexibility index (Phi) is 3.51. The van der Waals surface area contributed by atoms with Crippen molar-refractivity contribution in [3.8, 4) is 0 Å². The average Bonchev–Trinajstić information content (AvgIpc) is 2.65. The summed E-state index contributed by atoms with van der Waals surface area (Å²) < 4.78 is 39.0. The zero-order valence-electron chi connectivity index (χ0n) is 10.3. The predicted molar refractivity (Wildman–Crippen MR) is 66.4 cm³/mol. The molecule has 0 fully saturated rings. The highest BCUT2D eigenvalue weighted by Gasteiger charge is 2.62. The lowest BCUT2D eigenvalue weighted by atomic mass is 10.1. The van der Waals surface area contributed by atoms with Crippen LogP contribution < -0.4 is 0 Å². The summed E-state index contributed by atoms with van der Waals surface area (Å²) >= 11 is 5.78. The highest BCUT2D eigenvalue weighted by Crippen LogP contribution is 2.41. The molecule has 4 nitrogen and oxygen atoms in total. The van der Waals surface area contributed by atoms with Crippen molar-refractivity contribution in [2.24, 2.45) is 5.10 Å². The molecule has 1 aliphatic rings. The molecule has 0 spiro atoms. The Bertz CT molecular complexity index is 588. The Morgan fingerprint density at radius 2 is 2.05 bits per heavy atom. The first-order valence-corrected chi connectivity index (χ1v) is 5.97. The van der Waals surface area contributed by atoms with E-state index in [9.17, 15) is 23.1 Å². The third kappa shape index (κ3) is 2.27. The van der Waals surface area contributed by atoms with E-state index in [1.165, 1.54) is 31.2 Å². The minimum Gasteiger partial charge on any atom is -0.362 e. The lowest BCUT2D eigenvalue weighted by Gasteiger charge is -2.32. The van der Waals surface area contributed by atoms with Crippen LogP contribution in [0.5, 0.6) is 0 Å². The van der Waals surface area contributed by atoms with Crippen LogP contribution in [0.15, 0.2) is 29.4 Å². The van der Waals surface area contributed by atoms with E-state index < -0.39 is 24.2 Å². The Hall–Kier alpha value is -1.60. The second-order valence-corrected chi connectivity index (χ2v) is 4.83. The second kappa shape index (κ2) is 4.75. The van der Waals surface area contributed by atoms with Gasteiger partial charge in [0.1, 0.15) is 0 Å². The number of carbonyl (C=O) groups excluding carboxylic acids is 1. The van der Waals surface area contributed by atoms with Crippen LogP contribution in [0.2, 0.25) is 5.02 Å². The van der Waals surface area contributed by atoms with Crippen molar-refractivity contribution in [2.45, 2.75) is 25.2 Å². The molecule has 0 aromatic heterocycles. The van der Waals surface area contributed by atoms with Crippen molar-refractivity contribution in [1.82, 2.24) is 5.01 Å². The first-order valence-electron chi connectivity index (χ1n) is 5.59. The van der Waals surface area contributed by atoms with E-state index in [2.05, 4.69) is 5.10 Å². The van der Waals surface area contributed by atoms with E-state index in [0.29, 0.717) is 0 Å². The summed E-state index contributed by atoms with van der Waals surface area (Å²) in [6, 6.07) is 5.63. The molecule has 0 saturated carbocycles. The summed E-state index contributed by atoms with van der Waals surface area (Å²) in [6.45, 7) is 1.30. The number of hydrogen-bond acceptors (Lipinski definition) is 3. The van der Waals surface area contributed by atoms with Crippen molar-refractivity contribution in [3.05, 3.63) is 34.9 Å². The normalized spacial score (nSPS) is 22.9.